The highest BCUT2D eigenvalue weighted by molar-refractivity contribution is 5.99. The standard InChI is InChI=1S/C36H43N5O5/c1-3-45-36(44)30-20-25(2)31(46-30)23-39-18-11-10-16-29(34(39)42)41-24-38-32(33(41)27-14-8-5-9-15-27)35(43)40-19-17-37-22-28(40)21-26-12-6-4-7-13-26/h4-9,12-15,20,24-25,28-29,31,37H,3,10-11,16-19,21-23H2,1-2H3/t25?,28-,29?,31?/m1/s1. The first-order chi connectivity index (χ1) is 22.4. The predicted octanol–water partition coefficient (Wildman–Crippen LogP) is 4.24. The molecule has 3 aliphatic rings. The van der Waals surface area contributed by atoms with E-state index in [1.165, 1.54) is 5.56 Å². The lowest BCUT2D eigenvalue weighted by Gasteiger charge is -2.36. The molecule has 6 rings (SSSR count). The van der Waals surface area contributed by atoms with E-state index in [0.29, 0.717) is 50.5 Å². The Labute approximate surface area is 270 Å². The highest BCUT2D eigenvalue weighted by Gasteiger charge is 2.38. The molecule has 3 aromatic rings. The van der Waals surface area contributed by atoms with E-state index in [1.54, 1.807) is 19.3 Å². The number of carbonyl (C=O) groups excluding carboxylic acids is 3. The minimum atomic E-state index is -0.524. The lowest BCUT2D eigenvalue weighted by atomic mass is 10.0. The number of piperazine rings is 1. The number of likely N-dealkylation sites (tertiary alicyclic amines) is 1. The fourth-order valence-corrected chi connectivity index (χ4v) is 6.79. The van der Waals surface area contributed by atoms with Crippen LogP contribution >= 0.6 is 0 Å². The van der Waals surface area contributed by atoms with E-state index < -0.39 is 12.0 Å². The molecule has 46 heavy (non-hydrogen) atoms. The topological polar surface area (TPSA) is 106 Å². The van der Waals surface area contributed by atoms with Gasteiger partial charge in [0.15, 0.2) is 5.69 Å². The van der Waals surface area contributed by atoms with Gasteiger partial charge in [-0.3, -0.25) is 9.59 Å². The number of nitrogens with zero attached hydrogens (tertiary/aromatic N) is 4. The third-order valence-corrected chi connectivity index (χ3v) is 9.21. The number of esters is 1. The van der Waals surface area contributed by atoms with Gasteiger partial charge < -0.3 is 29.2 Å². The molecular weight excluding hydrogens is 582 g/mol. The molecule has 2 fully saturated rings. The van der Waals surface area contributed by atoms with E-state index in [-0.39, 0.29) is 42.2 Å². The molecular formula is C36H43N5O5. The molecule has 0 aliphatic carbocycles. The molecule has 2 amide bonds. The normalized spacial score (nSPS) is 23.4. The predicted molar refractivity (Wildman–Crippen MR) is 174 cm³/mol. The summed E-state index contributed by atoms with van der Waals surface area (Å²) in [6.07, 6.45) is 6.19. The van der Waals surface area contributed by atoms with Gasteiger partial charge in [-0.2, -0.15) is 0 Å². The van der Waals surface area contributed by atoms with Crippen molar-refractivity contribution in [1.29, 1.82) is 0 Å². The van der Waals surface area contributed by atoms with E-state index in [2.05, 4.69) is 17.4 Å². The second kappa shape index (κ2) is 14.3. The Hall–Kier alpha value is -4.44. The summed E-state index contributed by atoms with van der Waals surface area (Å²) < 4.78 is 13.0. The maximum Gasteiger partial charge on any atom is 0.373 e. The van der Waals surface area contributed by atoms with Crippen LogP contribution in [0.1, 0.15) is 55.2 Å². The summed E-state index contributed by atoms with van der Waals surface area (Å²) in [6.45, 7) is 6.96. The van der Waals surface area contributed by atoms with Crippen LogP contribution in [0.4, 0.5) is 0 Å². The van der Waals surface area contributed by atoms with E-state index in [9.17, 15) is 14.4 Å². The lowest BCUT2D eigenvalue weighted by Crippen LogP contribution is -2.54. The number of imidazole rings is 1. The molecule has 0 radical (unpaired) electrons. The smallest absolute Gasteiger partial charge is 0.373 e. The van der Waals surface area contributed by atoms with Gasteiger partial charge in [0.1, 0.15) is 12.1 Å². The van der Waals surface area contributed by atoms with Crippen molar-refractivity contribution in [2.24, 2.45) is 5.92 Å². The largest absolute Gasteiger partial charge is 0.481 e. The van der Waals surface area contributed by atoms with Gasteiger partial charge in [-0.1, -0.05) is 67.6 Å². The summed E-state index contributed by atoms with van der Waals surface area (Å²) in [4.78, 5) is 49.5. The van der Waals surface area contributed by atoms with Crippen molar-refractivity contribution >= 4 is 17.8 Å². The monoisotopic (exact) mass is 625 g/mol. The molecule has 242 valence electrons. The molecule has 0 saturated carbocycles. The summed E-state index contributed by atoms with van der Waals surface area (Å²) >= 11 is 0. The summed E-state index contributed by atoms with van der Waals surface area (Å²) in [7, 11) is 0. The zero-order valence-corrected chi connectivity index (χ0v) is 26.6. The second-order valence-corrected chi connectivity index (χ2v) is 12.3. The van der Waals surface area contributed by atoms with Gasteiger partial charge in [0.05, 0.1) is 25.2 Å². The molecule has 1 aromatic heterocycles. The van der Waals surface area contributed by atoms with Gasteiger partial charge in [0.2, 0.25) is 11.7 Å². The average molecular weight is 626 g/mol. The molecule has 10 heteroatoms. The highest BCUT2D eigenvalue weighted by Crippen LogP contribution is 2.33. The number of nitrogens with one attached hydrogen (secondary N) is 1. The average Bonchev–Trinajstić information content (AvgIpc) is 3.63. The quantitative estimate of drug-likeness (QED) is 0.355. The maximum absolute atomic E-state index is 14.4. The zero-order valence-electron chi connectivity index (χ0n) is 26.6. The first kappa shape index (κ1) is 31.5. The fourth-order valence-electron chi connectivity index (χ4n) is 6.79. The first-order valence-electron chi connectivity index (χ1n) is 16.5. The van der Waals surface area contributed by atoms with Gasteiger partial charge in [0.25, 0.3) is 5.91 Å². The minimum absolute atomic E-state index is 0.0195. The van der Waals surface area contributed by atoms with Gasteiger partial charge in [-0.15, -0.1) is 0 Å². The number of amides is 2. The molecule has 0 spiro atoms. The Morgan fingerprint density at radius 2 is 1.80 bits per heavy atom. The molecule has 3 aliphatic heterocycles. The van der Waals surface area contributed by atoms with Gasteiger partial charge in [0, 0.05) is 43.7 Å². The van der Waals surface area contributed by atoms with E-state index in [1.807, 2.05) is 69.8 Å². The molecule has 1 N–H and O–H groups in total. The minimum Gasteiger partial charge on any atom is -0.481 e. The van der Waals surface area contributed by atoms with Crippen LogP contribution in [-0.2, 0) is 25.5 Å². The van der Waals surface area contributed by atoms with E-state index in [0.717, 1.165) is 24.8 Å². The van der Waals surface area contributed by atoms with Crippen molar-refractivity contribution < 1.29 is 23.9 Å². The van der Waals surface area contributed by atoms with Crippen molar-refractivity contribution in [2.45, 2.75) is 57.7 Å². The Morgan fingerprint density at radius 3 is 2.57 bits per heavy atom. The van der Waals surface area contributed by atoms with Crippen LogP contribution in [-0.4, -0.2) is 88.6 Å². The summed E-state index contributed by atoms with van der Waals surface area (Å²) in [5.41, 5.74) is 3.06. The molecule has 2 saturated heterocycles. The number of aromatic nitrogens is 2. The third kappa shape index (κ3) is 6.72. The first-order valence-corrected chi connectivity index (χ1v) is 16.5. The molecule has 3 unspecified atom stereocenters. The Bertz CT molecular complexity index is 1560. The van der Waals surface area contributed by atoms with Crippen molar-refractivity contribution in [3.05, 3.63) is 90.1 Å². The van der Waals surface area contributed by atoms with Gasteiger partial charge >= 0.3 is 5.97 Å². The highest BCUT2D eigenvalue weighted by atomic mass is 16.6. The second-order valence-electron chi connectivity index (χ2n) is 12.3. The van der Waals surface area contributed by atoms with Crippen molar-refractivity contribution in [1.82, 2.24) is 24.7 Å². The van der Waals surface area contributed by atoms with Crippen LogP contribution in [0.2, 0.25) is 0 Å². The summed E-state index contributed by atoms with van der Waals surface area (Å²) in [6, 6.07) is 19.5. The van der Waals surface area contributed by atoms with Crippen LogP contribution in [0, 0.1) is 5.92 Å². The molecule has 10 nitrogen and oxygen atoms in total. The molecule has 2 aromatic carbocycles. The number of hydrogen-bond donors (Lipinski definition) is 1. The van der Waals surface area contributed by atoms with Gasteiger partial charge in [-0.05, 0) is 44.2 Å². The molecule has 0 bridgehead atoms. The fraction of sp³-hybridized carbons (Fsp3) is 0.444. The summed E-state index contributed by atoms with van der Waals surface area (Å²) in [5, 5.41) is 3.45. The molecule has 4 heterocycles. The number of hydrogen-bond acceptors (Lipinski definition) is 7. The van der Waals surface area contributed by atoms with Gasteiger partial charge in [-0.25, -0.2) is 9.78 Å². The Morgan fingerprint density at radius 1 is 1.04 bits per heavy atom. The number of benzene rings is 2. The van der Waals surface area contributed by atoms with Crippen LogP contribution in [0.5, 0.6) is 0 Å². The van der Waals surface area contributed by atoms with Crippen molar-refractivity contribution in [2.75, 3.05) is 39.3 Å². The number of rotatable bonds is 9. The molecule has 4 atom stereocenters. The SMILES string of the molecule is CCOC(=O)C1=CC(C)C(CN2CCCCC(n3cnc(C(=O)N4CCNC[C@H]4Cc4ccccc4)c3-c3ccccc3)C2=O)O1. The van der Waals surface area contributed by atoms with Crippen LogP contribution < -0.4 is 5.32 Å². The number of carbonyl (C=O) groups is 3. The Kier molecular flexibility index (Phi) is 9.82. The van der Waals surface area contributed by atoms with E-state index >= 15 is 0 Å². The van der Waals surface area contributed by atoms with Crippen molar-refractivity contribution in [3.8, 4) is 11.3 Å². The number of ether oxygens (including phenoxy) is 2. The van der Waals surface area contributed by atoms with Crippen LogP contribution in [0.25, 0.3) is 11.3 Å². The third-order valence-electron chi connectivity index (χ3n) is 9.21. The van der Waals surface area contributed by atoms with E-state index in [4.69, 9.17) is 14.5 Å². The summed E-state index contributed by atoms with van der Waals surface area (Å²) in [5.74, 6) is -0.468. The van der Waals surface area contributed by atoms with Crippen molar-refractivity contribution in [3.63, 3.8) is 0 Å². The zero-order chi connectivity index (χ0) is 32.0. The Balaban J connectivity index is 1.28. The lowest BCUT2D eigenvalue weighted by molar-refractivity contribution is -0.143. The maximum atomic E-state index is 14.4. The van der Waals surface area contributed by atoms with Crippen LogP contribution in [0.15, 0.2) is 78.8 Å². The van der Waals surface area contributed by atoms with Crippen LogP contribution in [0.3, 0.4) is 0 Å².